The van der Waals surface area contributed by atoms with Gasteiger partial charge in [0, 0.05) is 12.8 Å². The van der Waals surface area contributed by atoms with Crippen LogP contribution in [0.2, 0.25) is 0 Å². The molecule has 0 bridgehead atoms. The SMILES string of the molecule is CCCCC/C=C/CC/C=C/C(O)C(COC1OC(CO)C(O)C(O)C1O)NC(=O)CCCCCCC/C=C\CCCCCCCCCOC(=O)CCCCCCC/C=C\C/C=C\CCCCCC. The van der Waals surface area contributed by atoms with Gasteiger partial charge >= 0.3 is 5.97 Å². The number of carbonyl (C=O) groups excluding carboxylic acids is 2. The van der Waals surface area contributed by atoms with Crippen molar-refractivity contribution in [3.05, 3.63) is 60.8 Å². The number of hydrogen-bond donors (Lipinski definition) is 6. The molecule has 1 saturated heterocycles. The normalized spacial score (nSPS) is 19.8. The van der Waals surface area contributed by atoms with Gasteiger partial charge in [0.25, 0.3) is 0 Å². The zero-order chi connectivity index (χ0) is 50.3. The van der Waals surface area contributed by atoms with Crippen molar-refractivity contribution in [2.45, 2.75) is 275 Å². The molecule has 1 heterocycles. The predicted octanol–water partition coefficient (Wildman–Crippen LogP) is 12.3. The molecule has 0 spiro atoms. The highest BCUT2D eigenvalue weighted by atomic mass is 16.7. The first kappa shape index (κ1) is 64.4. The van der Waals surface area contributed by atoms with Crippen LogP contribution in [0.5, 0.6) is 0 Å². The Morgan fingerprint density at radius 3 is 1.55 bits per heavy atom. The number of amides is 1. The first-order valence-electron chi connectivity index (χ1n) is 28.1. The van der Waals surface area contributed by atoms with Gasteiger partial charge in [0.1, 0.15) is 24.4 Å². The lowest BCUT2D eigenvalue weighted by molar-refractivity contribution is -0.302. The molecule has 69 heavy (non-hydrogen) atoms. The van der Waals surface area contributed by atoms with Gasteiger partial charge in [-0.25, -0.2) is 0 Å². The van der Waals surface area contributed by atoms with Crippen LogP contribution < -0.4 is 5.32 Å². The summed E-state index contributed by atoms with van der Waals surface area (Å²) in [5.41, 5.74) is 0. The molecular weight excluding hydrogens is 871 g/mol. The second-order valence-corrected chi connectivity index (χ2v) is 19.3. The van der Waals surface area contributed by atoms with Crippen molar-refractivity contribution >= 4 is 11.9 Å². The highest BCUT2D eigenvalue weighted by molar-refractivity contribution is 5.76. The van der Waals surface area contributed by atoms with Crippen LogP contribution in [-0.2, 0) is 23.8 Å². The minimum absolute atomic E-state index is 0.0363. The summed E-state index contributed by atoms with van der Waals surface area (Å²) >= 11 is 0. The quantitative estimate of drug-likeness (QED) is 0.0196. The molecule has 0 aromatic carbocycles. The standard InChI is InChI=1S/C58H103NO10/c1-3-5-7-9-11-13-14-15-16-20-23-26-30-34-38-42-46-54(63)67-47-43-39-35-31-27-24-21-18-17-19-22-25-29-33-37-41-45-53(62)59-50(51(61)44-40-36-32-28-12-10-8-6-4-2)49-68-58-57(66)56(65)55(64)52(48-60)69-58/h12-14,16-17,19-20,28,40,44,50-52,55-58,60-61,64-66H,3-11,15,18,21-27,29-39,41-43,45-49H2,1-2H3,(H,59,62)/b14-13-,19-17-,20-16-,28-12+,44-40+. The number of allylic oxidation sites excluding steroid dienone is 9. The van der Waals surface area contributed by atoms with Crippen LogP contribution in [0.3, 0.4) is 0 Å². The maximum absolute atomic E-state index is 13.0. The van der Waals surface area contributed by atoms with Gasteiger partial charge in [-0.1, -0.05) is 177 Å². The Labute approximate surface area is 420 Å². The summed E-state index contributed by atoms with van der Waals surface area (Å²) in [6.07, 6.45) is 50.3. The fourth-order valence-corrected chi connectivity index (χ4v) is 8.30. The molecule has 1 aliphatic rings. The van der Waals surface area contributed by atoms with Gasteiger partial charge in [0.2, 0.25) is 5.91 Å². The summed E-state index contributed by atoms with van der Waals surface area (Å²) in [7, 11) is 0. The van der Waals surface area contributed by atoms with E-state index < -0.39 is 49.5 Å². The van der Waals surface area contributed by atoms with Crippen LogP contribution in [0.15, 0.2) is 60.8 Å². The van der Waals surface area contributed by atoms with E-state index in [0.29, 0.717) is 19.4 Å². The van der Waals surface area contributed by atoms with E-state index in [1.807, 2.05) is 6.08 Å². The molecule has 6 N–H and O–H groups in total. The summed E-state index contributed by atoms with van der Waals surface area (Å²) < 4.78 is 16.6. The Bertz CT molecular complexity index is 1330. The van der Waals surface area contributed by atoms with Crippen molar-refractivity contribution in [3.8, 4) is 0 Å². The van der Waals surface area contributed by atoms with Crippen molar-refractivity contribution in [3.63, 3.8) is 0 Å². The van der Waals surface area contributed by atoms with E-state index in [9.17, 15) is 35.1 Å². The average Bonchev–Trinajstić information content (AvgIpc) is 3.34. The largest absolute Gasteiger partial charge is 0.466 e. The van der Waals surface area contributed by atoms with Gasteiger partial charge in [-0.2, -0.15) is 0 Å². The Morgan fingerprint density at radius 2 is 0.986 bits per heavy atom. The second-order valence-electron chi connectivity index (χ2n) is 19.3. The first-order valence-corrected chi connectivity index (χ1v) is 28.1. The number of aliphatic hydroxyl groups excluding tert-OH is 5. The predicted molar refractivity (Wildman–Crippen MR) is 283 cm³/mol. The highest BCUT2D eigenvalue weighted by Crippen LogP contribution is 2.23. The van der Waals surface area contributed by atoms with Crippen LogP contribution in [-0.4, -0.2) is 100 Å². The molecule has 400 valence electrons. The first-order chi connectivity index (χ1) is 33.7. The van der Waals surface area contributed by atoms with Crippen LogP contribution in [0.25, 0.3) is 0 Å². The topological polar surface area (TPSA) is 175 Å². The maximum Gasteiger partial charge on any atom is 0.305 e. The van der Waals surface area contributed by atoms with Crippen LogP contribution in [0.4, 0.5) is 0 Å². The summed E-state index contributed by atoms with van der Waals surface area (Å²) in [6.45, 7) is 4.20. The van der Waals surface area contributed by atoms with Crippen LogP contribution in [0.1, 0.15) is 232 Å². The van der Waals surface area contributed by atoms with Crippen LogP contribution in [0, 0.1) is 0 Å². The Morgan fingerprint density at radius 1 is 0.536 bits per heavy atom. The second kappa shape index (κ2) is 47.7. The Balaban J connectivity index is 2.08. The third-order valence-electron chi connectivity index (χ3n) is 12.8. The minimum Gasteiger partial charge on any atom is -0.466 e. The number of rotatable bonds is 47. The summed E-state index contributed by atoms with van der Waals surface area (Å²) in [5, 5.41) is 54.1. The molecule has 7 unspecified atom stereocenters. The van der Waals surface area contributed by atoms with Gasteiger partial charge in [-0.3, -0.25) is 9.59 Å². The molecular formula is C58H103NO10. The van der Waals surface area contributed by atoms with Gasteiger partial charge in [0.05, 0.1) is 32.0 Å². The maximum atomic E-state index is 13.0. The molecule has 0 aliphatic carbocycles. The third kappa shape index (κ3) is 37.8. The van der Waals surface area contributed by atoms with Crippen molar-refractivity contribution in [1.82, 2.24) is 5.32 Å². The lowest BCUT2D eigenvalue weighted by Crippen LogP contribution is -2.60. The van der Waals surface area contributed by atoms with Gasteiger partial charge in [0.15, 0.2) is 6.29 Å². The summed E-state index contributed by atoms with van der Waals surface area (Å²) in [6, 6.07) is -0.840. The number of carbonyl (C=O) groups is 2. The van der Waals surface area contributed by atoms with Crippen LogP contribution >= 0.6 is 0 Å². The number of hydrogen-bond acceptors (Lipinski definition) is 10. The molecule has 1 aliphatic heterocycles. The monoisotopic (exact) mass is 974 g/mol. The zero-order valence-electron chi connectivity index (χ0n) is 43.8. The van der Waals surface area contributed by atoms with Gasteiger partial charge in [-0.05, 0) is 103 Å². The van der Waals surface area contributed by atoms with Crippen molar-refractivity contribution < 1.29 is 49.3 Å². The fourth-order valence-electron chi connectivity index (χ4n) is 8.30. The van der Waals surface area contributed by atoms with E-state index in [0.717, 1.165) is 103 Å². The molecule has 1 fully saturated rings. The van der Waals surface area contributed by atoms with Crippen molar-refractivity contribution in [2.24, 2.45) is 0 Å². The van der Waals surface area contributed by atoms with E-state index in [1.165, 1.54) is 103 Å². The van der Waals surface area contributed by atoms with Crippen molar-refractivity contribution in [2.75, 3.05) is 19.8 Å². The average molecular weight is 974 g/mol. The third-order valence-corrected chi connectivity index (χ3v) is 12.8. The van der Waals surface area contributed by atoms with E-state index >= 15 is 0 Å². The molecule has 1 rings (SSSR count). The number of nitrogens with one attached hydrogen (secondary N) is 1. The number of unbranched alkanes of at least 4 members (excludes halogenated alkanes) is 25. The molecule has 11 heteroatoms. The van der Waals surface area contributed by atoms with Gasteiger partial charge in [-0.15, -0.1) is 0 Å². The smallest absolute Gasteiger partial charge is 0.305 e. The number of aliphatic hydroxyl groups is 5. The highest BCUT2D eigenvalue weighted by Gasteiger charge is 2.44. The van der Waals surface area contributed by atoms with E-state index in [4.69, 9.17) is 14.2 Å². The molecule has 7 atom stereocenters. The number of ether oxygens (including phenoxy) is 3. The number of esters is 1. The molecule has 0 aromatic heterocycles. The lowest BCUT2D eigenvalue weighted by Gasteiger charge is -2.40. The lowest BCUT2D eigenvalue weighted by atomic mass is 9.99. The van der Waals surface area contributed by atoms with Crippen molar-refractivity contribution in [1.29, 1.82) is 0 Å². The van der Waals surface area contributed by atoms with E-state index in [-0.39, 0.29) is 18.5 Å². The molecule has 0 radical (unpaired) electrons. The Hall–Kier alpha value is -2.64. The molecule has 11 nitrogen and oxygen atoms in total. The molecule has 1 amide bonds. The molecule has 0 saturated carbocycles. The van der Waals surface area contributed by atoms with Gasteiger partial charge < -0.3 is 45.1 Å². The molecule has 0 aromatic rings. The van der Waals surface area contributed by atoms with E-state index in [1.54, 1.807) is 6.08 Å². The zero-order valence-corrected chi connectivity index (χ0v) is 43.8. The Kier molecular flexibility index (Phi) is 44.5. The summed E-state index contributed by atoms with van der Waals surface area (Å²) in [5.74, 6) is -0.250. The van der Waals surface area contributed by atoms with E-state index in [2.05, 4.69) is 67.8 Å². The minimum atomic E-state index is -1.58. The fraction of sp³-hybridized carbons (Fsp3) is 0.793. The summed E-state index contributed by atoms with van der Waals surface area (Å²) in [4.78, 5) is 25.0.